The second kappa shape index (κ2) is 8.65. The zero-order chi connectivity index (χ0) is 20.6. The third-order valence-electron chi connectivity index (χ3n) is 9.07. The highest BCUT2D eigenvalue weighted by Crippen LogP contribution is 2.51. The molecule has 164 valence electrons. The zero-order valence-corrected chi connectivity index (χ0v) is 18.9. The summed E-state index contributed by atoms with van der Waals surface area (Å²) in [5, 5.41) is 3.23. The van der Waals surface area contributed by atoms with Crippen LogP contribution in [0.1, 0.15) is 94.7 Å². The highest BCUT2D eigenvalue weighted by molar-refractivity contribution is 5.73. The second-order valence-electron chi connectivity index (χ2n) is 11.0. The molecule has 3 aliphatic carbocycles. The van der Waals surface area contributed by atoms with Crippen LogP contribution in [0.2, 0.25) is 0 Å². The number of nitrogens with one attached hydrogen (secondary N) is 1. The summed E-state index contributed by atoms with van der Waals surface area (Å²) in [6, 6.07) is 9.10. The average molecular weight is 409 g/mol. The van der Waals surface area contributed by atoms with Gasteiger partial charge in [0.15, 0.2) is 0 Å². The van der Waals surface area contributed by atoms with E-state index >= 15 is 0 Å². The van der Waals surface area contributed by atoms with Gasteiger partial charge in [0.25, 0.3) is 0 Å². The van der Waals surface area contributed by atoms with Gasteiger partial charge in [-0.25, -0.2) is 0 Å². The minimum atomic E-state index is 0.0961. The van der Waals surface area contributed by atoms with Gasteiger partial charge in [0, 0.05) is 18.9 Å². The van der Waals surface area contributed by atoms with Crippen molar-refractivity contribution in [2.24, 2.45) is 17.8 Å². The molecule has 1 heterocycles. The molecule has 0 radical (unpaired) electrons. The number of fused-ring (bicyclic) bond motifs is 5. The van der Waals surface area contributed by atoms with Crippen LogP contribution >= 0.6 is 0 Å². The average Bonchev–Trinajstić information content (AvgIpc) is 2.89. The monoisotopic (exact) mass is 408 g/mol. The van der Waals surface area contributed by atoms with Gasteiger partial charge in [-0.1, -0.05) is 62.8 Å². The number of rotatable bonds is 3. The van der Waals surface area contributed by atoms with Crippen LogP contribution in [-0.4, -0.2) is 30.4 Å². The first-order valence-corrected chi connectivity index (χ1v) is 12.7. The summed E-state index contributed by atoms with van der Waals surface area (Å²) in [6.45, 7) is 5.44. The van der Waals surface area contributed by atoms with E-state index in [0.717, 1.165) is 24.2 Å². The first-order chi connectivity index (χ1) is 14.6. The van der Waals surface area contributed by atoms with Crippen LogP contribution in [0.4, 0.5) is 0 Å². The van der Waals surface area contributed by atoms with Crippen LogP contribution in [0.3, 0.4) is 0 Å². The molecule has 3 fully saturated rings. The van der Waals surface area contributed by atoms with Crippen molar-refractivity contribution in [3.05, 3.63) is 35.4 Å². The van der Waals surface area contributed by atoms with Crippen molar-refractivity contribution in [3.8, 4) is 0 Å². The molecule has 3 nitrogen and oxygen atoms in total. The van der Waals surface area contributed by atoms with Gasteiger partial charge in [0.1, 0.15) is 0 Å². The fourth-order valence-corrected chi connectivity index (χ4v) is 7.48. The Morgan fingerprint density at radius 2 is 1.77 bits per heavy atom. The lowest BCUT2D eigenvalue weighted by molar-refractivity contribution is -0.119. The van der Waals surface area contributed by atoms with Crippen LogP contribution < -0.4 is 5.32 Å². The van der Waals surface area contributed by atoms with Crippen molar-refractivity contribution >= 4 is 5.91 Å². The fraction of sp³-hybridized carbons (Fsp3) is 0.741. The van der Waals surface area contributed by atoms with Crippen molar-refractivity contribution in [1.82, 2.24) is 10.2 Å². The van der Waals surface area contributed by atoms with Gasteiger partial charge >= 0.3 is 0 Å². The van der Waals surface area contributed by atoms with Gasteiger partial charge in [0.05, 0.1) is 6.04 Å². The number of carbonyl (C=O) groups is 1. The van der Waals surface area contributed by atoms with Gasteiger partial charge < -0.3 is 10.2 Å². The highest BCUT2D eigenvalue weighted by atomic mass is 16.1. The van der Waals surface area contributed by atoms with Crippen molar-refractivity contribution in [1.29, 1.82) is 0 Å². The van der Waals surface area contributed by atoms with Gasteiger partial charge in [-0.2, -0.15) is 0 Å². The maximum atomic E-state index is 11.8. The second-order valence-corrected chi connectivity index (χ2v) is 11.0. The maximum Gasteiger partial charge on any atom is 0.217 e. The SMILES string of the molecule is CC(=O)N[C@H]1CC2(CCN(CC3CCC4CCCC(CC4)C3)CC2)c2ccccc21. The topological polar surface area (TPSA) is 32.3 Å². The molecular formula is C27H40N2O. The molecular weight excluding hydrogens is 368 g/mol. The molecule has 1 N–H and O–H groups in total. The van der Waals surface area contributed by atoms with E-state index in [0.29, 0.717) is 0 Å². The van der Waals surface area contributed by atoms with Crippen LogP contribution in [0.5, 0.6) is 0 Å². The minimum absolute atomic E-state index is 0.0961. The Kier molecular flexibility index (Phi) is 5.92. The van der Waals surface area contributed by atoms with E-state index in [1.165, 1.54) is 95.0 Å². The number of hydrogen-bond acceptors (Lipinski definition) is 2. The lowest BCUT2D eigenvalue weighted by Crippen LogP contribution is -2.44. The summed E-state index contributed by atoms with van der Waals surface area (Å²) in [5.74, 6) is 3.06. The molecule has 5 rings (SSSR count). The summed E-state index contributed by atoms with van der Waals surface area (Å²) < 4.78 is 0. The Morgan fingerprint density at radius 3 is 2.60 bits per heavy atom. The summed E-state index contributed by atoms with van der Waals surface area (Å²) in [7, 11) is 0. The number of nitrogens with zero attached hydrogens (tertiary/aromatic N) is 1. The Hall–Kier alpha value is -1.35. The van der Waals surface area contributed by atoms with Gasteiger partial charge in [0.2, 0.25) is 5.91 Å². The van der Waals surface area contributed by atoms with Crippen LogP contribution in [0, 0.1) is 17.8 Å². The van der Waals surface area contributed by atoms with Crippen molar-refractivity contribution < 1.29 is 4.79 Å². The summed E-state index contributed by atoms with van der Waals surface area (Å²) >= 11 is 0. The van der Waals surface area contributed by atoms with E-state index in [1.54, 1.807) is 6.92 Å². The number of amides is 1. The predicted molar refractivity (Wildman–Crippen MR) is 122 cm³/mol. The summed E-state index contributed by atoms with van der Waals surface area (Å²) in [6.07, 6.45) is 15.5. The molecule has 1 aromatic carbocycles. The van der Waals surface area contributed by atoms with E-state index in [1.807, 2.05) is 0 Å². The molecule has 4 aliphatic rings. The lowest BCUT2D eigenvalue weighted by atomic mass is 9.73. The van der Waals surface area contributed by atoms with Crippen LogP contribution in [0.25, 0.3) is 0 Å². The Balaban J connectivity index is 1.23. The first kappa shape index (κ1) is 20.5. The summed E-state index contributed by atoms with van der Waals surface area (Å²) in [4.78, 5) is 14.6. The lowest BCUT2D eigenvalue weighted by Gasteiger charge is -2.42. The quantitative estimate of drug-likeness (QED) is 0.706. The predicted octanol–water partition coefficient (Wildman–Crippen LogP) is 5.60. The molecule has 30 heavy (non-hydrogen) atoms. The number of benzene rings is 1. The first-order valence-electron chi connectivity index (χ1n) is 12.7. The number of carbonyl (C=O) groups excluding carboxylic acids is 1. The van der Waals surface area contributed by atoms with E-state index in [4.69, 9.17) is 0 Å². The molecule has 1 amide bonds. The molecule has 2 saturated carbocycles. The Morgan fingerprint density at radius 1 is 1.03 bits per heavy atom. The van der Waals surface area contributed by atoms with Crippen LogP contribution in [-0.2, 0) is 10.2 Å². The Bertz CT molecular complexity index is 751. The van der Waals surface area contributed by atoms with E-state index in [2.05, 4.69) is 34.5 Å². The van der Waals surface area contributed by atoms with Crippen molar-refractivity contribution in [3.63, 3.8) is 0 Å². The molecule has 3 heteroatoms. The van der Waals surface area contributed by atoms with E-state index in [9.17, 15) is 4.79 Å². The van der Waals surface area contributed by atoms with E-state index < -0.39 is 0 Å². The molecule has 4 atom stereocenters. The molecule has 3 unspecified atom stereocenters. The third-order valence-corrected chi connectivity index (χ3v) is 9.07. The minimum Gasteiger partial charge on any atom is -0.349 e. The van der Waals surface area contributed by atoms with Crippen molar-refractivity contribution in [2.75, 3.05) is 19.6 Å². The Labute approximate surface area is 183 Å². The van der Waals surface area contributed by atoms with Gasteiger partial charge in [-0.15, -0.1) is 0 Å². The maximum absolute atomic E-state index is 11.8. The van der Waals surface area contributed by atoms with E-state index in [-0.39, 0.29) is 17.4 Å². The number of piperidine rings is 1. The van der Waals surface area contributed by atoms with Crippen molar-refractivity contribution in [2.45, 2.75) is 89.0 Å². The van der Waals surface area contributed by atoms with Gasteiger partial charge in [-0.05, 0) is 74.1 Å². The fourth-order valence-electron chi connectivity index (χ4n) is 7.48. The van der Waals surface area contributed by atoms with Crippen LogP contribution in [0.15, 0.2) is 24.3 Å². The standard InChI is InChI=1S/C27H40N2O/c1-20(30)28-26-18-27(25-8-3-2-7-24(25)26)13-15-29(16-14-27)19-23-12-10-21-5-4-6-22(17-23)11-9-21/h2-3,7-8,21-23,26H,4-6,9-19H2,1H3,(H,28,30)/t21?,22?,23?,26-/m0/s1. The largest absolute Gasteiger partial charge is 0.349 e. The number of hydrogen-bond donors (Lipinski definition) is 1. The van der Waals surface area contributed by atoms with Gasteiger partial charge in [-0.3, -0.25) is 4.79 Å². The number of likely N-dealkylation sites (tertiary alicyclic amines) is 1. The zero-order valence-electron chi connectivity index (χ0n) is 18.9. The molecule has 1 spiro atoms. The smallest absolute Gasteiger partial charge is 0.217 e. The third kappa shape index (κ3) is 4.20. The molecule has 1 saturated heterocycles. The normalized spacial score (nSPS) is 33.5. The molecule has 2 bridgehead atoms. The highest BCUT2D eigenvalue weighted by Gasteiger charge is 2.45. The molecule has 1 aliphatic heterocycles. The summed E-state index contributed by atoms with van der Waals surface area (Å²) in [5.41, 5.74) is 3.16. The molecule has 1 aromatic rings. The molecule has 0 aromatic heterocycles.